The highest BCUT2D eigenvalue weighted by Gasteiger charge is 2.17. The third-order valence-corrected chi connectivity index (χ3v) is 4.84. The van der Waals surface area contributed by atoms with Crippen molar-refractivity contribution in [3.8, 4) is 11.3 Å². The van der Waals surface area contributed by atoms with Gasteiger partial charge in [-0.15, -0.1) is 0 Å². The van der Waals surface area contributed by atoms with E-state index in [0.717, 1.165) is 52.6 Å². The van der Waals surface area contributed by atoms with Crippen molar-refractivity contribution < 1.29 is 5.11 Å². The van der Waals surface area contributed by atoms with E-state index in [4.69, 9.17) is 4.98 Å². The van der Waals surface area contributed by atoms with Gasteiger partial charge in [0.25, 0.3) is 0 Å². The molecule has 0 aliphatic rings. The minimum atomic E-state index is -0.0526. The van der Waals surface area contributed by atoms with Crippen molar-refractivity contribution in [2.24, 2.45) is 0 Å². The molecule has 22 heavy (non-hydrogen) atoms. The minimum Gasteiger partial charge on any atom is -0.390 e. The predicted octanol–water partition coefficient (Wildman–Crippen LogP) is 3.86. The Labute approximate surface area is 134 Å². The summed E-state index contributed by atoms with van der Waals surface area (Å²) < 4.78 is 1.80. The zero-order chi connectivity index (χ0) is 15.5. The van der Waals surface area contributed by atoms with Crippen LogP contribution in [-0.4, -0.2) is 19.7 Å². The fourth-order valence-electron chi connectivity index (χ4n) is 2.53. The minimum absolute atomic E-state index is 0.0526. The molecular weight excluding hydrogens is 294 g/mol. The summed E-state index contributed by atoms with van der Waals surface area (Å²) in [4.78, 5) is 5.56. The Balaban J connectivity index is 2.00. The number of nitrogens with zero attached hydrogens (tertiary/aromatic N) is 3. The van der Waals surface area contributed by atoms with Gasteiger partial charge < -0.3 is 5.11 Å². The molecule has 0 radical (unpaired) electrons. The number of aryl methyl sites for hydroxylation is 2. The number of aromatic nitrogens is 3. The largest absolute Gasteiger partial charge is 0.390 e. The molecule has 0 amide bonds. The van der Waals surface area contributed by atoms with Crippen molar-refractivity contribution in [1.29, 1.82) is 0 Å². The number of imidazole rings is 1. The average molecular weight is 315 g/mol. The summed E-state index contributed by atoms with van der Waals surface area (Å²) in [7, 11) is 0. The summed E-state index contributed by atoms with van der Waals surface area (Å²) >= 11 is 1.62. The Kier molecular flexibility index (Phi) is 4.55. The van der Waals surface area contributed by atoms with Crippen LogP contribution in [-0.2, 0) is 19.4 Å². The Morgan fingerprint density at radius 1 is 1.18 bits per heavy atom. The maximum absolute atomic E-state index is 9.76. The molecule has 0 fully saturated rings. The summed E-state index contributed by atoms with van der Waals surface area (Å²) in [5, 5.41) is 15.5. The number of aliphatic hydroxyl groups excluding tert-OH is 1. The van der Waals surface area contributed by atoms with E-state index in [1.165, 1.54) is 5.56 Å². The van der Waals surface area contributed by atoms with Crippen molar-refractivity contribution in [3.63, 3.8) is 0 Å². The molecule has 2 heterocycles. The van der Waals surface area contributed by atoms with Crippen LogP contribution in [0.2, 0.25) is 0 Å². The van der Waals surface area contributed by atoms with E-state index in [1.807, 2.05) is 0 Å². The van der Waals surface area contributed by atoms with Gasteiger partial charge in [-0.25, -0.2) is 9.50 Å². The van der Waals surface area contributed by atoms with Crippen LogP contribution in [0.5, 0.6) is 0 Å². The van der Waals surface area contributed by atoms with Gasteiger partial charge in [-0.05, 0) is 18.4 Å². The second kappa shape index (κ2) is 6.58. The third kappa shape index (κ3) is 2.78. The molecule has 1 N–H and O–H groups in total. The van der Waals surface area contributed by atoms with Gasteiger partial charge in [0.15, 0.2) is 0 Å². The van der Waals surface area contributed by atoms with Gasteiger partial charge in [0.2, 0.25) is 4.96 Å². The zero-order valence-electron chi connectivity index (χ0n) is 13.0. The molecule has 0 saturated carbocycles. The lowest BCUT2D eigenvalue weighted by Gasteiger charge is -2.02. The Morgan fingerprint density at radius 3 is 2.59 bits per heavy atom. The quantitative estimate of drug-likeness (QED) is 0.751. The summed E-state index contributed by atoms with van der Waals surface area (Å²) in [6.45, 7) is 4.27. The van der Waals surface area contributed by atoms with Crippen LogP contribution in [0.1, 0.15) is 43.0 Å². The lowest BCUT2D eigenvalue weighted by Crippen LogP contribution is -1.97. The van der Waals surface area contributed by atoms with Crippen molar-refractivity contribution >= 4 is 16.3 Å². The standard InChI is InChI=1S/C17H21N3OS/c1-3-5-6-15-19-20-14(11-21)16(18-17(20)22-15)13-9-7-12(4-2)8-10-13/h7-10,21H,3-6,11H2,1-2H3. The molecule has 5 heteroatoms. The van der Waals surface area contributed by atoms with Gasteiger partial charge in [0.1, 0.15) is 5.01 Å². The van der Waals surface area contributed by atoms with Crippen LogP contribution in [0.3, 0.4) is 0 Å². The van der Waals surface area contributed by atoms with Crippen molar-refractivity contribution in [2.75, 3.05) is 0 Å². The number of benzene rings is 1. The summed E-state index contributed by atoms with van der Waals surface area (Å²) in [5.74, 6) is 0. The fraction of sp³-hybridized carbons (Fsp3) is 0.412. The van der Waals surface area contributed by atoms with Crippen molar-refractivity contribution in [1.82, 2.24) is 14.6 Å². The Hall–Kier alpha value is -1.72. The second-order valence-electron chi connectivity index (χ2n) is 5.41. The maximum atomic E-state index is 9.76. The number of rotatable bonds is 6. The highest BCUT2D eigenvalue weighted by Crippen LogP contribution is 2.28. The van der Waals surface area contributed by atoms with Crippen LogP contribution in [0, 0.1) is 0 Å². The SMILES string of the molecule is CCCCc1nn2c(CO)c(-c3ccc(CC)cc3)nc2s1. The van der Waals surface area contributed by atoms with E-state index in [0.29, 0.717) is 0 Å². The Morgan fingerprint density at radius 2 is 1.95 bits per heavy atom. The molecule has 3 aromatic rings. The van der Waals surface area contributed by atoms with E-state index in [2.05, 4.69) is 43.2 Å². The van der Waals surface area contributed by atoms with Gasteiger partial charge in [0, 0.05) is 12.0 Å². The van der Waals surface area contributed by atoms with Crippen molar-refractivity contribution in [3.05, 3.63) is 40.5 Å². The normalized spacial score (nSPS) is 11.4. The molecule has 0 atom stereocenters. The lowest BCUT2D eigenvalue weighted by molar-refractivity contribution is 0.275. The highest BCUT2D eigenvalue weighted by molar-refractivity contribution is 7.16. The highest BCUT2D eigenvalue weighted by atomic mass is 32.1. The van der Waals surface area contributed by atoms with Crippen molar-refractivity contribution in [2.45, 2.75) is 46.1 Å². The molecule has 0 saturated heterocycles. The van der Waals surface area contributed by atoms with Gasteiger partial charge in [0.05, 0.1) is 18.0 Å². The maximum Gasteiger partial charge on any atom is 0.213 e. The number of hydrogen-bond acceptors (Lipinski definition) is 4. The van der Waals surface area contributed by atoms with Crippen LogP contribution in [0.25, 0.3) is 16.2 Å². The zero-order valence-corrected chi connectivity index (χ0v) is 13.9. The van der Waals surface area contributed by atoms with E-state index in [-0.39, 0.29) is 6.61 Å². The molecule has 116 valence electrons. The van der Waals surface area contributed by atoms with Gasteiger partial charge >= 0.3 is 0 Å². The number of aliphatic hydroxyl groups is 1. The van der Waals surface area contributed by atoms with Gasteiger partial charge in [-0.1, -0.05) is 55.9 Å². The van der Waals surface area contributed by atoms with Crippen LogP contribution in [0.4, 0.5) is 0 Å². The number of hydrogen-bond donors (Lipinski definition) is 1. The van der Waals surface area contributed by atoms with Gasteiger partial charge in [-0.2, -0.15) is 5.10 Å². The first-order valence-electron chi connectivity index (χ1n) is 7.84. The van der Waals surface area contributed by atoms with E-state index >= 15 is 0 Å². The lowest BCUT2D eigenvalue weighted by atomic mass is 10.1. The first-order chi connectivity index (χ1) is 10.8. The molecule has 0 bridgehead atoms. The molecule has 0 aliphatic carbocycles. The first kappa shape index (κ1) is 15.2. The predicted molar refractivity (Wildman–Crippen MR) is 90.2 cm³/mol. The average Bonchev–Trinajstić information content (AvgIpc) is 3.09. The summed E-state index contributed by atoms with van der Waals surface area (Å²) in [6, 6.07) is 8.37. The summed E-state index contributed by atoms with van der Waals surface area (Å²) in [5.41, 5.74) is 3.95. The van der Waals surface area contributed by atoms with Crippen LogP contribution < -0.4 is 0 Å². The molecule has 0 spiro atoms. The molecular formula is C17H21N3OS. The summed E-state index contributed by atoms with van der Waals surface area (Å²) in [6.07, 6.45) is 4.30. The van der Waals surface area contributed by atoms with Gasteiger partial charge in [-0.3, -0.25) is 0 Å². The van der Waals surface area contributed by atoms with Crippen LogP contribution in [0.15, 0.2) is 24.3 Å². The molecule has 4 nitrogen and oxygen atoms in total. The topological polar surface area (TPSA) is 50.4 Å². The van der Waals surface area contributed by atoms with E-state index < -0.39 is 0 Å². The Bertz CT molecular complexity index is 758. The smallest absolute Gasteiger partial charge is 0.213 e. The number of unbranched alkanes of at least 4 members (excludes halogenated alkanes) is 1. The monoisotopic (exact) mass is 315 g/mol. The van der Waals surface area contributed by atoms with E-state index in [9.17, 15) is 5.11 Å². The molecule has 0 unspecified atom stereocenters. The van der Waals surface area contributed by atoms with Crippen LogP contribution >= 0.6 is 11.3 Å². The third-order valence-electron chi connectivity index (χ3n) is 3.87. The molecule has 0 aliphatic heterocycles. The fourth-order valence-corrected chi connectivity index (χ4v) is 3.48. The van der Waals surface area contributed by atoms with E-state index in [1.54, 1.807) is 15.9 Å². The molecule has 2 aromatic heterocycles. The molecule has 3 rings (SSSR count). The second-order valence-corrected chi connectivity index (χ2v) is 6.45. The molecule has 1 aromatic carbocycles. The number of fused-ring (bicyclic) bond motifs is 1. The first-order valence-corrected chi connectivity index (χ1v) is 8.66.